The summed E-state index contributed by atoms with van der Waals surface area (Å²) in [6.45, 7) is 4.30. The first-order valence-corrected chi connectivity index (χ1v) is 7.11. The summed E-state index contributed by atoms with van der Waals surface area (Å²) in [4.78, 5) is 25.1. The molecule has 116 valence electrons. The van der Waals surface area contributed by atoms with E-state index in [0.717, 1.165) is 0 Å². The van der Waals surface area contributed by atoms with Crippen LogP contribution in [-0.4, -0.2) is 48.6 Å². The third-order valence-electron chi connectivity index (χ3n) is 3.30. The molecule has 1 aromatic carbocycles. The molecule has 1 atom stereocenters. The van der Waals surface area contributed by atoms with Crippen LogP contribution >= 0.6 is 0 Å². The molecule has 0 saturated heterocycles. The summed E-state index contributed by atoms with van der Waals surface area (Å²) in [5, 5.41) is 12.4. The maximum absolute atomic E-state index is 11.9. The molecule has 2 amide bonds. The molecule has 1 unspecified atom stereocenters. The van der Waals surface area contributed by atoms with E-state index >= 15 is 0 Å². The lowest BCUT2D eigenvalue weighted by Gasteiger charge is -2.14. The normalized spacial score (nSPS) is 12.1. The van der Waals surface area contributed by atoms with Gasteiger partial charge in [0.05, 0.1) is 6.10 Å². The van der Waals surface area contributed by atoms with Gasteiger partial charge in [-0.25, -0.2) is 0 Å². The standard InChI is InChI=1S/C16H24N2O3/c1-11(2)14(19)9-10-17-15(20)12-5-7-13(8-6-12)16(21)18(3)4/h5-8,11,14,19H,9-10H2,1-4H3,(H,17,20). The zero-order valence-electron chi connectivity index (χ0n) is 13.1. The molecule has 5 heteroatoms. The second-order valence-electron chi connectivity index (χ2n) is 5.63. The zero-order valence-corrected chi connectivity index (χ0v) is 13.1. The molecule has 0 aliphatic rings. The van der Waals surface area contributed by atoms with Crippen LogP contribution in [0.3, 0.4) is 0 Å². The number of nitrogens with zero attached hydrogens (tertiary/aromatic N) is 1. The van der Waals surface area contributed by atoms with E-state index in [1.807, 2.05) is 13.8 Å². The van der Waals surface area contributed by atoms with E-state index in [4.69, 9.17) is 0 Å². The number of carbonyl (C=O) groups excluding carboxylic acids is 2. The van der Waals surface area contributed by atoms with Crippen LogP contribution < -0.4 is 5.32 Å². The first-order chi connectivity index (χ1) is 9.82. The minimum absolute atomic E-state index is 0.0954. The van der Waals surface area contributed by atoms with Gasteiger partial charge in [0.2, 0.25) is 0 Å². The molecule has 0 heterocycles. The number of aliphatic hydroxyl groups is 1. The predicted molar refractivity (Wildman–Crippen MR) is 82.3 cm³/mol. The molecule has 0 aliphatic carbocycles. The summed E-state index contributed by atoms with van der Waals surface area (Å²) in [7, 11) is 3.37. The number of benzene rings is 1. The summed E-state index contributed by atoms with van der Waals surface area (Å²) >= 11 is 0. The topological polar surface area (TPSA) is 69.6 Å². The number of carbonyl (C=O) groups is 2. The average molecular weight is 292 g/mol. The minimum Gasteiger partial charge on any atom is -0.393 e. The van der Waals surface area contributed by atoms with Gasteiger partial charge in [-0.05, 0) is 36.6 Å². The van der Waals surface area contributed by atoms with Crippen LogP contribution in [0.5, 0.6) is 0 Å². The van der Waals surface area contributed by atoms with Crippen LogP contribution in [0.25, 0.3) is 0 Å². The van der Waals surface area contributed by atoms with Crippen molar-refractivity contribution < 1.29 is 14.7 Å². The molecule has 0 spiro atoms. The lowest BCUT2D eigenvalue weighted by Crippen LogP contribution is -2.28. The Hall–Kier alpha value is -1.88. The number of rotatable bonds is 6. The number of aliphatic hydroxyl groups excluding tert-OH is 1. The van der Waals surface area contributed by atoms with Gasteiger partial charge in [-0.2, -0.15) is 0 Å². The van der Waals surface area contributed by atoms with Gasteiger partial charge in [-0.3, -0.25) is 9.59 Å². The number of amides is 2. The van der Waals surface area contributed by atoms with Gasteiger partial charge < -0.3 is 15.3 Å². The molecular weight excluding hydrogens is 268 g/mol. The van der Waals surface area contributed by atoms with Gasteiger partial charge in [0.25, 0.3) is 11.8 Å². The van der Waals surface area contributed by atoms with Gasteiger partial charge >= 0.3 is 0 Å². The Bertz CT molecular complexity index is 481. The second-order valence-corrected chi connectivity index (χ2v) is 5.63. The van der Waals surface area contributed by atoms with Crippen molar-refractivity contribution in [2.24, 2.45) is 5.92 Å². The van der Waals surface area contributed by atoms with Crippen molar-refractivity contribution >= 4 is 11.8 Å². The Morgan fingerprint density at radius 1 is 1.14 bits per heavy atom. The van der Waals surface area contributed by atoms with Gasteiger partial charge in [-0.1, -0.05) is 13.8 Å². The fraction of sp³-hybridized carbons (Fsp3) is 0.500. The summed E-state index contributed by atoms with van der Waals surface area (Å²) < 4.78 is 0. The summed E-state index contributed by atoms with van der Waals surface area (Å²) in [5.41, 5.74) is 1.05. The van der Waals surface area contributed by atoms with Crippen molar-refractivity contribution in [3.63, 3.8) is 0 Å². The molecule has 0 aliphatic heterocycles. The highest BCUT2D eigenvalue weighted by molar-refractivity contribution is 5.97. The molecule has 21 heavy (non-hydrogen) atoms. The molecular formula is C16H24N2O3. The third kappa shape index (κ3) is 5.19. The molecule has 0 fully saturated rings. The Morgan fingerprint density at radius 2 is 1.67 bits per heavy atom. The van der Waals surface area contributed by atoms with E-state index in [0.29, 0.717) is 24.1 Å². The molecule has 5 nitrogen and oxygen atoms in total. The van der Waals surface area contributed by atoms with Crippen molar-refractivity contribution in [1.29, 1.82) is 0 Å². The van der Waals surface area contributed by atoms with Crippen LogP contribution in [0.1, 0.15) is 41.0 Å². The van der Waals surface area contributed by atoms with Crippen LogP contribution in [0.15, 0.2) is 24.3 Å². The lowest BCUT2D eigenvalue weighted by atomic mass is 10.0. The van der Waals surface area contributed by atoms with E-state index in [1.165, 1.54) is 4.90 Å². The number of hydrogen-bond donors (Lipinski definition) is 2. The Kier molecular flexibility index (Phi) is 6.37. The molecule has 1 aromatic rings. The van der Waals surface area contributed by atoms with Gasteiger partial charge in [-0.15, -0.1) is 0 Å². The quantitative estimate of drug-likeness (QED) is 0.835. The van der Waals surface area contributed by atoms with E-state index in [2.05, 4.69) is 5.32 Å². The third-order valence-corrected chi connectivity index (χ3v) is 3.30. The van der Waals surface area contributed by atoms with Crippen molar-refractivity contribution in [1.82, 2.24) is 10.2 Å². The van der Waals surface area contributed by atoms with Gasteiger partial charge in [0.1, 0.15) is 0 Å². The molecule has 0 bridgehead atoms. The summed E-state index contributed by atoms with van der Waals surface area (Å²) in [6, 6.07) is 6.54. The molecule has 2 N–H and O–H groups in total. The maximum atomic E-state index is 11.9. The molecule has 0 aromatic heterocycles. The van der Waals surface area contributed by atoms with Crippen LogP contribution in [-0.2, 0) is 0 Å². The van der Waals surface area contributed by atoms with Crippen molar-refractivity contribution in [3.8, 4) is 0 Å². The summed E-state index contributed by atoms with van der Waals surface area (Å²) in [5.74, 6) is -0.116. The van der Waals surface area contributed by atoms with Crippen LogP contribution in [0, 0.1) is 5.92 Å². The van der Waals surface area contributed by atoms with E-state index < -0.39 is 6.10 Å². The van der Waals surface area contributed by atoms with Gasteiger partial charge in [0.15, 0.2) is 0 Å². The molecule has 0 radical (unpaired) electrons. The fourth-order valence-corrected chi connectivity index (χ4v) is 1.79. The average Bonchev–Trinajstić information content (AvgIpc) is 2.46. The van der Waals surface area contributed by atoms with E-state index in [9.17, 15) is 14.7 Å². The van der Waals surface area contributed by atoms with Crippen molar-refractivity contribution in [3.05, 3.63) is 35.4 Å². The lowest BCUT2D eigenvalue weighted by molar-refractivity contribution is 0.0826. The van der Waals surface area contributed by atoms with E-state index in [-0.39, 0.29) is 17.7 Å². The van der Waals surface area contributed by atoms with Crippen LogP contribution in [0.2, 0.25) is 0 Å². The number of nitrogens with one attached hydrogen (secondary N) is 1. The fourth-order valence-electron chi connectivity index (χ4n) is 1.79. The van der Waals surface area contributed by atoms with Crippen molar-refractivity contribution in [2.45, 2.75) is 26.4 Å². The highest BCUT2D eigenvalue weighted by atomic mass is 16.3. The molecule has 1 rings (SSSR count). The largest absolute Gasteiger partial charge is 0.393 e. The highest BCUT2D eigenvalue weighted by Crippen LogP contribution is 2.07. The van der Waals surface area contributed by atoms with E-state index in [1.54, 1.807) is 38.4 Å². The predicted octanol–water partition coefficient (Wildman–Crippen LogP) is 1.53. The Morgan fingerprint density at radius 3 is 2.14 bits per heavy atom. The zero-order chi connectivity index (χ0) is 16.0. The smallest absolute Gasteiger partial charge is 0.253 e. The Labute approximate surface area is 126 Å². The summed E-state index contributed by atoms with van der Waals surface area (Å²) in [6.07, 6.45) is 0.117. The van der Waals surface area contributed by atoms with Crippen LogP contribution in [0.4, 0.5) is 0 Å². The molecule has 0 saturated carbocycles. The first kappa shape index (κ1) is 17.2. The minimum atomic E-state index is -0.412. The maximum Gasteiger partial charge on any atom is 0.253 e. The number of hydrogen-bond acceptors (Lipinski definition) is 3. The SMILES string of the molecule is CC(C)C(O)CCNC(=O)c1ccc(C(=O)N(C)C)cc1. The highest BCUT2D eigenvalue weighted by Gasteiger charge is 2.12. The Balaban J connectivity index is 2.54. The monoisotopic (exact) mass is 292 g/mol. The van der Waals surface area contributed by atoms with Crippen molar-refractivity contribution in [2.75, 3.05) is 20.6 Å². The van der Waals surface area contributed by atoms with Gasteiger partial charge in [0, 0.05) is 31.8 Å². The first-order valence-electron chi connectivity index (χ1n) is 7.11. The second kappa shape index (κ2) is 7.78.